The van der Waals surface area contributed by atoms with Crippen molar-refractivity contribution in [2.75, 3.05) is 45.1 Å². The fourth-order valence-electron chi connectivity index (χ4n) is 14.2. The minimum atomic E-state index is -3.04. The predicted molar refractivity (Wildman–Crippen MR) is 375 cm³/mol. The topological polar surface area (TPSA) is 347 Å². The van der Waals surface area contributed by atoms with Gasteiger partial charge in [-0.15, -0.1) is 18.3 Å². The highest BCUT2D eigenvalue weighted by Crippen LogP contribution is 2.38. The lowest BCUT2D eigenvalue weighted by Crippen LogP contribution is -2.67. The second-order valence-corrected chi connectivity index (χ2v) is 28.4. The lowest BCUT2D eigenvalue weighted by atomic mass is 9.81. The van der Waals surface area contributed by atoms with Crippen LogP contribution in [0.3, 0.4) is 0 Å². The van der Waals surface area contributed by atoms with Crippen LogP contribution in [0.15, 0.2) is 101 Å². The number of hydrazone groups is 1. The molecule has 548 valence electrons. The number of Topliss-reactive ketones (excluding diaryl/α,β-unsaturated/α-hetero) is 1. The van der Waals surface area contributed by atoms with E-state index in [0.29, 0.717) is 93.2 Å². The zero-order valence-corrected chi connectivity index (χ0v) is 59.5. The van der Waals surface area contributed by atoms with Crippen LogP contribution in [0, 0.1) is 35.5 Å². The molecule has 1 aliphatic carbocycles. The van der Waals surface area contributed by atoms with Gasteiger partial charge in [0.05, 0.1) is 47.7 Å². The summed E-state index contributed by atoms with van der Waals surface area (Å²) >= 11 is 0.808. The number of amides is 6. The van der Waals surface area contributed by atoms with E-state index in [-0.39, 0.29) is 86.6 Å². The second kappa shape index (κ2) is 36.9. The Kier molecular flexibility index (Phi) is 28.9. The Morgan fingerprint density at radius 3 is 2.26 bits per heavy atom. The lowest BCUT2D eigenvalue weighted by Gasteiger charge is -2.46. The van der Waals surface area contributed by atoms with E-state index in [1.807, 2.05) is 56.3 Å². The van der Waals surface area contributed by atoms with Crippen molar-refractivity contribution in [1.82, 2.24) is 20.5 Å². The number of aliphatic carboxylic acids is 1. The third-order valence-electron chi connectivity index (χ3n) is 19.9. The minimum Gasteiger partial charge on any atom is -0.480 e. The number of aliphatic hydroxyl groups is 4. The van der Waals surface area contributed by atoms with Crippen LogP contribution in [0.25, 0.3) is 0 Å². The number of carboxylic acids is 1. The first-order valence-corrected chi connectivity index (χ1v) is 35.9. The highest BCUT2D eigenvalue weighted by Gasteiger charge is 2.58. The fraction of sp³-hybridized carbons (Fsp3) is 0.573. The number of piperidine rings is 1. The van der Waals surface area contributed by atoms with Gasteiger partial charge in [0.2, 0.25) is 17.7 Å². The van der Waals surface area contributed by atoms with Gasteiger partial charge in [-0.05, 0) is 126 Å². The van der Waals surface area contributed by atoms with Gasteiger partial charge in [-0.2, -0.15) is 5.10 Å². The molecule has 25 nitrogen and oxygen atoms in total. The average molecular weight is 1420 g/mol. The molecule has 3 fully saturated rings. The molecule has 2 aromatic carbocycles. The van der Waals surface area contributed by atoms with E-state index < -0.39 is 126 Å². The summed E-state index contributed by atoms with van der Waals surface area (Å²) in [6.07, 6.45) is 1.88. The number of para-hydroxylation sites is 1. The number of imide groups is 1. The summed E-state index contributed by atoms with van der Waals surface area (Å²) in [6, 6.07) is 11.9. The smallest absolute Gasteiger partial charge is 0.329 e. The van der Waals surface area contributed by atoms with Crippen molar-refractivity contribution in [3.05, 3.63) is 112 Å². The standard InChI is InChI=1S/C75H98N6O19S/c1-9-19-51-35-44(2)34-45(3)36-60(97-7)69-61(98-8)40-63(84)75(95,100-69)70(89)72(91)79-32-18-16-24-56(79)74(94)99-68(46(4)37-48-26-29-57(82)59(38-48)96-6)47(5)58(83)39-53(51)77-78-65(86)25-11-10-17-33-80-67(88)41-62(71(80)90)101-43-54(73(92)93)76-64(85)30-31-66(87)81-42-52-22-13-12-20-49(52)27-28-50-21-14-15-23-55(50)81/h9,12-15,20-23,35,37,41,45,47-48,51,54,56-61,63,68-69,82-84,95H,1,10-11,16-19,24-26,29-34,36,38-40,42-43H2,2-8H3,(H,76,85)(H,78,86)(H,92,93)/b44-35+,46-37+,77-53-/t45-,47+,48-,51+,54?,56-,57+,58-,59+,60-,61-,63+,68+,69+,75+/m0/s1. The Balaban J connectivity index is 0.928. The highest BCUT2D eigenvalue weighted by molar-refractivity contribution is 8.04. The largest absolute Gasteiger partial charge is 0.480 e. The maximum Gasteiger partial charge on any atom is 0.329 e. The number of unbranched alkanes of at least 4 members (excludes halogenated alkanes) is 2. The van der Waals surface area contributed by atoms with Crippen molar-refractivity contribution in [1.29, 1.82) is 0 Å². The zero-order valence-electron chi connectivity index (χ0n) is 58.7. The molecule has 0 aromatic heterocycles. The molecule has 2 aromatic rings. The number of nitrogens with zero attached hydrogens (tertiary/aromatic N) is 4. The number of anilines is 1. The number of fused-ring (bicyclic) bond motifs is 5. The number of hydrogen-bond acceptors (Lipinski definition) is 20. The quantitative estimate of drug-likeness (QED) is 0.0133. The molecule has 2 bridgehead atoms. The molecule has 1 saturated carbocycles. The van der Waals surface area contributed by atoms with Gasteiger partial charge in [0.25, 0.3) is 29.3 Å². The molecule has 5 heterocycles. The van der Waals surface area contributed by atoms with Crippen LogP contribution in [-0.4, -0.2) is 201 Å². The first kappa shape index (κ1) is 79.0. The SMILES string of the molecule is C=CC[C@@H]1/C=C(\C)C[C@H](C)C[C@H](OC)[C@H]2O[C@@](O)(C(=O)C(=O)N3CCCC[C@H]3C(=O)O[C@H](/C(C)=C/[C@@H]3CC[C@@H](O)[C@H](OC)C3)[C@H](C)[C@@H](O)C/C1=N/NC(=O)CCCCCN1C(=O)C=C(SCC(NC(=O)CCC(=O)N3Cc4ccccc4C#Cc4ccccc43)C(=O)O)C1=O)[C@H](O)C[C@@H]2OC. The summed E-state index contributed by atoms with van der Waals surface area (Å²) in [5.41, 5.74) is 7.31. The molecule has 1 unspecified atom stereocenters. The summed E-state index contributed by atoms with van der Waals surface area (Å²) in [7, 11) is 4.35. The van der Waals surface area contributed by atoms with E-state index in [1.54, 1.807) is 43.0 Å². The normalized spacial score (nSPS) is 29.9. The molecule has 15 atom stereocenters. The molecular weight excluding hydrogens is 1320 g/mol. The Hall–Kier alpha value is -7.71. The van der Waals surface area contributed by atoms with Gasteiger partial charge in [-0.3, -0.25) is 38.5 Å². The number of carboxylic acid groups (broad SMARTS) is 1. The van der Waals surface area contributed by atoms with Crippen LogP contribution in [0.1, 0.15) is 154 Å². The van der Waals surface area contributed by atoms with E-state index in [2.05, 4.69) is 29.2 Å². The van der Waals surface area contributed by atoms with Crippen molar-refractivity contribution in [2.45, 2.75) is 210 Å². The van der Waals surface area contributed by atoms with Gasteiger partial charge in [0.1, 0.15) is 30.4 Å². The summed E-state index contributed by atoms with van der Waals surface area (Å²) in [5, 5.41) is 63.9. The second-order valence-electron chi connectivity index (χ2n) is 27.3. The lowest BCUT2D eigenvalue weighted by molar-refractivity contribution is -0.316. The average Bonchev–Trinajstić information content (AvgIpc) is 1.66. The van der Waals surface area contributed by atoms with Gasteiger partial charge in [0.15, 0.2) is 0 Å². The number of rotatable bonds is 22. The van der Waals surface area contributed by atoms with Gasteiger partial charge in [-0.1, -0.05) is 86.2 Å². The first-order valence-electron chi connectivity index (χ1n) is 34.9. The number of allylic oxidation sites excluding steroid dienone is 4. The van der Waals surface area contributed by atoms with Crippen LogP contribution in [0.4, 0.5) is 5.69 Å². The Morgan fingerprint density at radius 1 is 0.832 bits per heavy atom. The maximum atomic E-state index is 14.8. The van der Waals surface area contributed by atoms with E-state index in [4.69, 9.17) is 28.8 Å². The van der Waals surface area contributed by atoms with Crippen molar-refractivity contribution >= 4 is 76.3 Å². The van der Waals surface area contributed by atoms with Crippen molar-refractivity contribution in [2.24, 2.45) is 28.8 Å². The van der Waals surface area contributed by atoms with E-state index in [0.717, 1.165) is 44.3 Å². The number of methoxy groups -OCH3 is 3. The minimum absolute atomic E-state index is 0.000678. The molecule has 8 rings (SSSR count). The number of carbonyl (C=O) groups excluding carboxylic acids is 8. The van der Waals surface area contributed by atoms with Crippen LogP contribution >= 0.6 is 11.8 Å². The molecule has 6 aliphatic rings. The van der Waals surface area contributed by atoms with Gasteiger partial charge >= 0.3 is 11.9 Å². The number of cyclic esters (lactones) is 1. The summed E-state index contributed by atoms with van der Waals surface area (Å²) < 4.78 is 29.8. The van der Waals surface area contributed by atoms with Gasteiger partial charge in [0, 0.05) is 107 Å². The van der Waals surface area contributed by atoms with Gasteiger partial charge in [-0.25, -0.2) is 15.0 Å². The molecule has 0 spiro atoms. The maximum absolute atomic E-state index is 14.8. The number of aliphatic hydroxyl groups excluding tert-OH is 3. The molecule has 26 heteroatoms. The van der Waals surface area contributed by atoms with Crippen molar-refractivity contribution in [3.63, 3.8) is 0 Å². The number of ketones is 1. The third kappa shape index (κ3) is 20.3. The van der Waals surface area contributed by atoms with Crippen LogP contribution < -0.4 is 15.6 Å². The first-order chi connectivity index (χ1) is 48.3. The van der Waals surface area contributed by atoms with E-state index in [1.165, 1.54) is 21.3 Å². The van der Waals surface area contributed by atoms with E-state index in [9.17, 15) is 68.7 Å². The molecule has 2 saturated heterocycles. The summed E-state index contributed by atoms with van der Waals surface area (Å²) in [4.78, 5) is 127. The Labute approximate surface area is 594 Å². The molecule has 5 aliphatic heterocycles. The molecular formula is C75H98N6O19S. The highest BCUT2D eigenvalue weighted by atomic mass is 32.2. The molecule has 0 radical (unpaired) electrons. The summed E-state index contributed by atoms with van der Waals surface area (Å²) in [5.74, 6) is -6.52. The van der Waals surface area contributed by atoms with Crippen LogP contribution in [0.5, 0.6) is 0 Å². The van der Waals surface area contributed by atoms with Crippen LogP contribution in [-0.2, 0) is 73.4 Å². The van der Waals surface area contributed by atoms with Gasteiger partial charge < -0.3 is 64.3 Å². The third-order valence-corrected chi connectivity index (χ3v) is 21.0. The number of ether oxygens (including phenoxy) is 5. The predicted octanol–water partition coefficient (Wildman–Crippen LogP) is 6.11. The number of carbonyl (C=O) groups is 9. The number of benzene rings is 2. The fourth-order valence-corrected chi connectivity index (χ4v) is 15.2. The monoisotopic (exact) mass is 1420 g/mol. The number of thioether (sulfide) groups is 1. The van der Waals surface area contributed by atoms with Crippen molar-refractivity contribution < 1.29 is 92.4 Å². The summed E-state index contributed by atoms with van der Waals surface area (Å²) in [6.45, 7) is 11.5. The number of nitrogens with one attached hydrogen (secondary N) is 2. The van der Waals surface area contributed by atoms with E-state index >= 15 is 0 Å². The number of hydrogen-bond donors (Lipinski definition) is 7. The molecule has 7 N–H and O–H groups in total. The Bertz CT molecular complexity index is 3560. The Morgan fingerprint density at radius 2 is 1.53 bits per heavy atom. The molecule has 6 amide bonds. The van der Waals surface area contributed by atoms with Crippen LogP contribution in [0.2, 0.25) is 0 Å². The van der Waals surface area contributed by atoms with Crippen molar-refractivity contribution in [3.8, 4) is 11.8 Å². The number of esters is 1. The molecule has 101 heavy (non-hydrogen) atoms. The zero-order chi connectivity index (χ0) is 73.2.